The van der Waals surface area contributed by atoms with Crippen LogP contribution in [0.15, 0.2) is 12.7 Å². The van der Waals surface area contributed by atoms with Crippen LogP contribution in [0, 0.1) is 0 Å². The summed E-state index contributed by atoms with van der Waals surface area (Å²) in [6, 6.07) is 0. The Bertz CT molecular complexity index is 313. The highest BCUT2D eigenvalue weighted by Gasteiger charge is 2.39. The number of aliphatic carboxylic acids is 2. The average molecular weight is 231 g/mol. The number of carbonyl (C=O) groups is 3. The van der Waals surface area contributed by atoms with Gasteiger partial charge in [0.15, 0.2) is 0 Å². The number of hydrogen-bond donors (Lipinski definition) is 3. The van der Waals surface area contributed by atoms with Gasteiger partial charge in [-0.2, -0.15) is 0 Å². The fourth-order valence-corrected chi connectivity index (χ4v) is 0.944. The summed E-state index contributed by atoms with van der Waals surface area (Å²) in [6.07, 6.45) is -0.262. The average Bonchev–Trinajstić information content (AvgIpc) is 2.12. The van der Waals surface area contributed by atoms with Crippen LogP contribution >= 0.6 is 0 Å². The molecule has 90 valence electrons. The molecule has 0 fully saturated rings. The van der Waals surface area contributed by atoms with Crippen molar-refractivity contribution < 1.29 is 29.3 Å². The van der Waals surface area contributed by atoms with Crippen LogP contribution in [0.3, 0.4) is 0 Å². The van der Waals surface area contributed by atoms with Crippen molar-refractivity contribution in [3.63, 3.8) is 0 Å². The van der Waals surface area contributed by atoms with Crippen molar-refractivity contribution >= 4 is 17.9 Å². The zero-order valence-electron chi connectivity index (χ0n) is 8.51. The van der Waals surface area contributed by atoms with Crippen LogP contribution in [0.25, 0.3) is 0 Å². The Hall–Kier alpha value is -1.89. The highest BCUT2D eigenvalue weighted by atomic mass is 16.5. The molecule has 7 nitrogen and oxygen atoms in total. The summed E-state index contributed by atoms with van der Waals surface area (Å²) < 4.78 is 4.53. The van der Waals surface area contributed by atoms with E-state index in [4.69, 9.17) is 15.9 Å². The van der Waals surface area contributed by atoms with E-state index in [9.17, 15) is 14.4 Å². The molecule has 0 aromatic rings. The van der Waals surface area contributed by atoms with E-state index in [2.05, 4.69) is 11.3 Å². The van der Waals surface area contributed by atoms with E-state index in [0.717, 1.165) is 0 Å². The van der Waals surface area contributed by atoms with Crippen LogP contribution < -0.4 is 5.73 Å². The van der Waals surface area contributed by atoms with E-state index < -0.39 is 36.3 Å². The number of carboxylic acid groups (broad SMARTS) is 2. The van der Waals surface area contributed by atoms with Gasteiger partial charge >= 0.3 is 17.9 Å². The molecule has 0 aliphatic carbocycles. The Morgan fingerprint density at radius 1 is 1.31 bits per heavy atom. The first-order chi connectivity index (χ1) is 7.31. The number of esters is 1. The highest BCUT2D eigenvalue weighted by Crippen LogP contribution is 2.13. The molecule has 0 amide bonds. The van der Waals surface area contributed by atoms with E-state index in [0.29, 0.717) is 0 Å². The van der Waals surface area contributed by atoms with Gasteiger partial charge < -0.3 is 20.7 Å². The summed E-state index contributed by atoms with van der Waals surface area (Å²) in [5.41, 5.74) is 3.16. The van der Waals surface area contributed by atoms with Crippen molar-refractivity contribution in [3.05, 3.63) is 12.7 Å². The van der Waals surface area contributed by atoms with Crippen molar-refractivity contribution in [3.8, 4) is 0 Å². The molecular formula is C9H13NO6. The number of carboxylic acids is 2. The second-order valence-electron chi connectivity index (χ2n) is 3.18. The van der Waals surface area contributed by atoms with Gasteiger partial charge in [-0.1, -0.05) is 12.7 Å². The van der Waals surface area contributed by atoms with Gasteiger partial charge in [-0.15, -0.1) is 0 Å². The quantitative estimate of drug-likeness (QED) is 0.393. The highest BCUT2D eigenvalue weighted by molar-refractivity contribution is 5.89. The maximum atomic E-state index is 11.1. The number of hydrogen-bond acceptors (Lipinski definition) is 5. The number of carbonyl (C=O) groups excluding carboxylic acids is 1. The van der Waals surface area contributed by atoms with E-state index >= 15 is 0 Å². The molecular weight excluding hydrogens is 218 g/mol. The first-order valence-electron chi connectivity index (χ1n) is 4.32. The normalized spacial score (nSPS) is 13.6. The molecule has 7 heteroatoms. The third-order valence-corrected chi connectivity index (χ3v) is 1.71. The topological polar surface area (TPSA) is 127 Å². The molecule has 0 bridgehead atoms. The van der Waals surface area contributed by atoms with E-state index in [1.807, 2.05) is 0 Å². The summed E-state index contributed by atoms with van der Waals surface area (Å²) in [7, 11) is 0. The zero-order chi connectivity index (χ0) is 12.8. The summed E-state index contributed by atoms with van der Waals surface area (Å²) in [6.45, 7) is 3.21. The van der Waals surface area contributed by atoms with Gasteiger partial charge in [0.25, 0.3) is 0 Å². The fraction of sp³-hybridized carbons (Fsp3) is 0.444. The van der Waals surface area contributed by atoms with Gasteiger partial charge in [0.2, 0.25) is 0 Å². The fourth-order valence-electron chi connectivity index (χ4n) is 0.944. The molecule has 0 aliphatic rings. The minimum absolute atomic E-state index is 0.0817. The molecule has 0 rings (SSSR count). The molecule has 0 saturated carbocycles. The van der Waals surface area contributed by atoms with Crippen molar-refractivity contribution in [1.82, 2.24) is 0 Å². The van der Waals surface area contributed by atoms with Gasteiger partial charge in [0.1, 0.15) is 12.1 Å². The Balaban J connectivity index is 4.55. The lowest BCUT2D eigenvalue weighted by Crippen LogP contribution is -2.51. The molecule has 1 unspecified atom stereocenters. The summed E-state index contributed by atoms with van der Waals surface area (Å²) in [4.78, 5) is 32.3. The first-order valence-corrected chi connectivity index (χ1v) is 4.32. The molecule has 0 radical (unpaired) electrons. The van der Waals surface area contributed by atoms with Gasteiger partial charge in [0.05, 0.1) is 12.8 Å². The minimum atomic E-state index is -2.15. The largest absolute Gasteiger partial charge is 0.481 e. The zero-order valence-corrected chi connectivity index (χ0v) is 8.51. The minimum Gasteiger partial charge on any atom is -0.481 e. The first kappa shape index (κ1) is 14.1. The monoisotopic (exact) mass is 231 g/mol. The van der Waals surface area contributed by atoms with Crippen molar-refractivity contribution in [1.29, 1.82) is 0 Å². The molecule has 0 aromatic carbocycles. The van der Waals surface area contributed by atoms with Crippen LogP contribution in [-0.2, 0) is 19.1 Å². The summed E-state index contributed by atoms with van der Waals surface area (Å²) in [5, 5.41) is 17.2. The second-order valence-corrected chi connectivity index (χ2v) is 3.18. The maximum Gasteiger partial charge on any atom is 0.324 e. The van der Waals surface area contributed by atoms with E-state index in [1.54, 1.807) is 0 Å². The molecule has 0 heterocycles. The third kappa shape index (κ3) is 4.56. The van der Waals surface area contributed by atoms with Crippen molar-refractivity contribution in [2.75, 3.05) is 6.61 Å². The Morgan fingerprint density at radius 3 is 2.25 bits per heavy atom. The Kier molecular flexibility index (Phi) is 5.17. The number of ether oxygens (including phenoxy) is 1. The maximum absolute atomic E-state index is 11.1. The van der Waals surface area contributed by atoms with Gasteiger partial charge in [-0.3, -0.25) is 14.4 Å². The Labute approximate surface area is 91.5 Å². The van der Waals surface area contributed by atoms with Crippen LogP contribution in [0.2, 0.25) is 0 Å². The Morgan fingerprint density at radius 2 is 1.88 bits per heavy atom. The summed E-state index contributed by atoms with van der Waals surface area (Å²) >= 11 is 0. The van der Waals surface area contributed by atoms with Crippen molar-refractivity contribution in [2.45, 2.75) is 18.4 Å². The third-order valence-electron chi connectivity index (χ3n) is 1.71. The summed E-state index contributed by atoms with van der Waals surface area (Å²) in [5.74, 6) is -3.85. The molecule has 0 saturated heterocycles. The predicted octanol–water partition coefficient (Wildman–Crippen LogP) is -0.637. The van der Waals surface area contributed by atoms with Crippen LogP contribution in [0.5, 0.6) is 0 Å². The molecule has 1 atom stereocenters. The molecule has 0 spiro atoms. The lowest BCUT2D eigenvalue weighted by molar-refractivity contribution is -0.155. The van der Waals surface area contributed by atoms with Gasteiger partial charge in [0, 0.05) is 0 Å². The number of rotatable bonds is 7. The van der Waals surface area contributed by atoms with E-state index in [1.165, 1.54) is 6.08 Å². The standard InChI is InChI=1S/C9H13NO6/c1-2-3-16-7(13)5-9(10,8(14)15)4-6(11)12/h2H,1,3-5,10H2,(H,11,12)(H,14,15). The molecule has 0 aliphatic heterocycles. The lowest BCUT2D eigenvalue weighted by atomic mass is 9.93. The van der Waals surface area contributed by atoms with Crippen LogP contribution in [0.4, 0.5) is 0 Å². The molecule has 4 N–H and O–H groups in total. The predicted molar refractivity (Wildman–Crippen MR) is 52.6 cm³/mol. The van der Waals surface area contributed by atoms with Gasteiger partial charge in [-0.25, -0.2) is 0 Å². The van der Waals surface area contributed by atoms with Gasteiger partial charge in [-0.05, 0) is 0 Å². The SMILES string of the molecule is C=CCOC(=O)CC(N)(CC(=O)O)C(=O)O. The van der Waals surface area contributed by atoms with E-state index in [-0.39, 0.29) is 6.61 Å². The second kappa shape index (κ2) is 5.86. The molecule has 0 aromatic heterocycles. The molecule has 16 heavy (non-hydrogen) atoms. The van der Waals surface area contributed by atoms with Crippen molar-refractivity contribution in [2.24, 2.45) is 5.73 Å². The lowest BCUT2D eigenvalue weighted by Gasteiger charge is -2.21. The van der Waals surface area contributed by atoms with Crippen LogP contribution in [0.1, 0.15) is 12.8 Å². The number of nitrogens with two attached hydrogens (primary N) is 1. The smallest absolute Gasteiger partial charge is 0.324 e. The van der Waals surface area contributed by atoms with Crippen LogP contribution in [-0.4, -0.2) is 40.3 Å².